The standard InChI is InChI=1S/C61H103N2O6P/c1-6-8-10-12-14-16-18-20-22-24-26-28-29-30-31-32-33-35-37-39-41-43-45-47-49-51-53-55-61(65)62-59(58-69-70(66,67)68-57-56-63(3,4)5)60(64)54-52-50-48-46-44-42-40-38-36-34-27-25-23-21-19-17-15-13-11-9-7-2/h8,10,14,16,20,22,26,28,30-31,33,35-36,38-39,41,44-47,52,54,59-60,64H,6-7,9,11-13,15,17-19,21,23-25,27,29,32,34,37,40,42-43,48-51,53,55-58H2,1-5H3,(H-,62,65,66,67)/b10-8-,16-14-,22-20-,28-26-,31-30-,35-33-,38-36+,41-39-,46-44+,47-45-,54-52+. The highest BCUT2D eigenvalue weighted by atomic mass is 31.2. The van der Waals surface area contributed by atoms with Crippen molar-refractivity contribution in [1.29, 1.82) is 0 Å². The van der Waals surface area contributed by atoms with Crippen molar-refractivity contribution in [2.75, 3.05) is 40.9 Å². The number of unbranched alkanes of at least 4 members (excludes halogenated alkanes) is 15. The number of aliphatic hydroxyl groups excluding tert-OH is 1. The predicted molar refractivity (Wildman–Crippen MR) is 302 cm³/mol. The van der Waals surface area contributed by atoms with Crippen molar-refractivity contribution in [3.8, 4) is 0 Å². The topological polar surface area (TPSA) is 108 Å². The minimum atomic E-state index is -4.63. The average molecular weight is 991 g/mol. The van der Waals surface area contributed by atoms with Gasteiger partial charge in [-0.3, -0.25) is 9.36 Å². The number of nitrogens with zero attached hydrogens (tertiary/aromatic N) is 1. The summed E-state index contributed by atoms with van der Waals surface area (Å²) in [6.07, 6.45) is 76.7. The number of aliphatic hydroxyl groups is 1. The summed E-state index contributed by atoms with van der Waals surface area (Å²) in [5, 5.41) is 13.8. The van der Waals surface area contributed by atoms with E-state index in [1.807, 2.05) is 27.2 Å². The van der Waals surface area contributed by atoms with Crippen LogP contribution in [0.15, 0.2) is 134 Å². The first-order valence-electron chi connectivity index (χ1n) is 27.5. The van der Waals surface area contributed by atoms with Crippen LogP contribution in [0.25, 0.3) is 0 Å². The van der Waals surface area contributed by atoms with Gasteiger partial charge >= 0.3 is 0 Å². The van der Waals surface area contributed by atoms with Crippen LogP contribution in [0, 0.1) is 0 Å². The first-order valence-corrected chi connectivity index (χ1v) is 29.0. The number of hydrogen-bond donors (Lipinski definition) is 2. The van der Waals surface area contributed by atoms with Gasteiger partial charge in [-0.2, -0.15) is 0 Å². The normalized spacial score (nSPS) is 15.0. The monoisotopic (exact) mass is 991 g/mol. The number of quaternary nitrogens is 1. The Morgan fingerprint density at radius 1 is 0.514 bits per heavy atom. The number of carbonyl (C=O) groups is 1. The number of carbonyl (C=O) groups excluding carboxylic acids is 1. The van der Waals surface area contributed by atoms with Crippen LogP contribution in [-0.4, -0.2) is 68.5 Å². The van der Waals surface area contributed by atoms with Crippen molar-refractivity contribution in [2.24, 2.45) is 0 Å². The number of hydrogen-bond acceptors (Lipinski definition) is 6. The summed E-state index contributed by atoms with van der Waals surface area (Å²) in [4.78, 5) is 25.5. The van der Waals surface area contributed by atoms with E-state index in [2.05, 4.69) is 141 Å². The smallest absolute Gasteiger partial charge is 0.268 e. The summed E-state index contributed by atoms with van der Waals surface area (Å²) in [5.41, 5.74) is 0. The number of phosphoric acid groups is 1. The fourth-order valence-corrected chi connectivity index (χ4v) is 7.74. The van der Waals surface area contributed by atoms with E-state index >= 15 is 0 Å². The van der Waals surface area contributed by atoms with E-state index in [1.54, 1.807) is 6.08 Å². The molecule has 70 heavy (non-hydrogen) atoms. The van der Waals surface area contributed by atoms with E-state index < -0.39 is 26.6 Å². The molecule has 0 bridgehead atoms. The highest BCUT2D eigenvalue weighted by Crippen LogP contribution is 2.38. The summed E-state index contributed by atoms with van der Waals surface area (Å²) in [7, 11) is 1.18. The second-order valence-corrected chi connectivity index (χ2v) is 20.6. The Morgan fingerprint density at radius 2 is 0.886 bits per heavy atom. The molecule has 9 heteroatoms. The van der Waals surface area contributed by atoms with Crippen LogP contribution in [0.2, 0.25) is 0 Å². The van der Waals surface area contributed by atoms with E-state index in [9.17, 15) is 19.4 Å². The average Bonchev–Trinajstić information content (AvgIpc) is 3.32. The van der Waals surface area contributed by atoms with Crippen molar-refractivity contribution in [3.63, 3.8) is 0 Å². The quantitative estimate of drug-likeness (QED) is 0.0272. The van der Waals surface area contributed by atoms with E-state index in [1.165, 1.54) is 77.0 Å². The van der Waals surface area contributed by atoms with E-state index in [0.717, 1.165) is 83.5 Å². The van der Waals surface area contributed by atoms with Gasteiger partial charge in [0, 0.05) is 6.42 Å². The molecule has 0 heterocycles. The van der Waals surface area contributed by atoms with Gasteiger partial charge < -0.3 is 28.8 Å². The molecule has 0 fully saturated rings. The molecule has 0 saturated carbocycles. The van der Waals surface area contributed by atoms with Crippen molar-refractivity contribution in [3.05, 3.63) is 134 Å². The Labute approximate surface area is 430 Å². The van der Waals surface area contributed by atoms with Crippen molar-refractivity contribution in [2.45, 2.75) is 206 Å². The lowest BCUT2D eigenvalue weighted by atomic mass is 10.1. The van der Waals surface area contributed by atoms with Crippen LogP contribution in [0.1, 0.15) is 194 Å². The van der Waals surface area contributed by atoms with Gasteiger partial charge in [-0.25, -0.2) is 0 Å². The summed E-state index contributed by atoms with van der Waals surface area (Å²) in [6, 6.07) is -0.944. The van der Waals surface area contributed by atoms with Gasteiger partial charge in [-0.05, 0) is 109 Å². The third-order valence-corrected chi connectivity index (χ3v) is 12.3. The first kappa shape index (κ1) is 66.6. The van der Waals surface area contributed by atoms with Crippen LogP contribution >= 0.6 is 7.82 Å². The molecule has 1 amide bonds. The maximum atomic E-state index is 12.9. The molecule has 398 valence electrons. The molecule has 0 saturated heterocycles. The third kappa shape index (κ3) is 52.5. The van der Waals surface area contributed by atoms with Gasteiger partial charge in [-0.1, -0.05) is 212 Å². The number of amides is 1. The lowest BCUT2D eigenvalue weighted by Gasteiger charge is -2.29. The lowest BCUT2D eigenvalue weighted by Crippen LogP contribution is -2.45. The van der Waals surface area contributed by atoms with Crippen molar-refractivity contribution in [1.82, 2.24) is 5.32 Å². The highest BCUT2D eigenvalue weighted by Gasteiger charge is 2.23. The number of allylic oxidation sites excluding steroid dienone is 21. The molecule has 0 aliphatic carbocycles. The Morgan fingerprint density at radius 3 is 1.33 bits per heavy atom. The highest BCUT2D eigenvalue weighted by molar-refractivity contribution is 7.45. The summed E-state index contributed by atoms with van der Waals surface area (Å²) < 4.78 is 23.3. The molecule has 3 atom stereocenters. The zero-order valence-corrected chi connectivity index (χ0v) is 46.1. The number of likely N-dealkylation sites (N-methyl/N-ethyl adjacent to an activating group) is 1. The molecule has 0 aromatic carbocycles. The Kier molecular flexibility index (Phi) is 48.1. The SMILES string of the molecule is CC/C=C\C/C=C\C/C=C\C/C=C\C/C=C\C/C=C\C/C=C\C/C=C\CCCCC(=O)NC(COP(=O)([O-])OCC[N+](C)(C)C)C(O)/C=C/CC/C=C/CC/C=C/CCCCCCCCCCCCC. The minimum Gasteiger partial charge on any atom is -0.756 e. The number of nitrogens with one attached hydrogen (secondary N) is 1. The summed E-state index contributed by atoms with van der Waals surface area (Å²) in [5.74, 6) is -0.259. The molecule has 0 rings (SSSR count). The van der Waals surface area contributed by atoms with Gasteiger partial charge in [0.25, 0.3) is 7.82 Å². The van der Waals surface area contributed by atoms with Crippen LogP contribution < -0.4 is 10.2 Å². The van der Waals surface area contributed by atoms with Gasteiger partial charge in [0.15, 0.2) is 0 Å². The summed E-state index contributed by atoms with van der Waals surface area (Å²) >= 11 is 0. The molecule has 3 unspecified atom stereocenters. The minimum absolute atomic E-state index is 0.0257. The summed E-state index contributed by atoms with van der Waals surface area (Å²) in [6.45, 7) is 4.45. The molecular formula is C61H103N2O6P. The zero-order chi connectivity index (χ0) is 51.3. The maximum absolute atomic E-state index is 12.9. The molecule has 0 aliphatic rings. The number of phosphoric ester groups is 1. The van der Waals surface area contributed by atoms with Gasteiger partial charge in [0.1, 0.15) is 13.2 Å². The Hall–Kier alpha value is -3.36. The third-order valence-electron chi connectivity index (χ3n) is 11.3. The molecular weight excluding hydrogens is 888 g/mol. The molecule has 2 N–H and O–H groups in total. The van der Waals surface area contributed by atoms with Gasteiger partial charge in [0.2, 0.25) is 5.91 Å². The molecule has 0 aliphatic heterocycles. The second kappa shape index (κ2) is 50.6. The Bertz CT molecular complexity index is 1590. The van der Waals surface area contributed by atoms with Gasteiger partial charge in [0.05, 0.1) is 39.9 Å². The Balaban J connectivity index is 4.47. The molecule has 0 aromatic rings. The van der Waals surface area contributed by atoms with Crippen LogP contribution in [-0.2, 0) is 18.4 Å². The van der Waals surface area contributed by atoms with E-state index in [-0.39, 0.29) is 18.9 Å². The maximum Gasteiger partial charge on any atom is 0.268 e. The van der Waals surface area contributed by atoms with Gasteiger partial charge in [-0.15, -0.1) is 0 Å². The van der Waals surface area contributed by atoms with Crippen molar-refractivity contribution >= 4 is 13.7 Å². The van der Waals surface area contributed by atoms with Crippen molar-refractivity contribution < 1.29 is 32.9 Å². The van der Waals surface area contributed by atoms with Crippen LogP contribution in [0.3, 0.4) is 0 Å². The lowest BCUT2D eigenvalue weighted by molar-refractivity contribution is -0.870. The van der Waals surface area contributed by atoms with Crippen LogP contribution in [0.5, 0.6) is 0 Å². The number of rotatable bonds is 48. The largest absolute Gasteiger partial charge is 0.756 e. The van der Waals surface area contributed by atoms with E-state index in [4.69, 9.17) is 9.05 Å². The molecule has 0 spiro atoms. The fourth-order valence-electron chi connectivity index (χ4n) is 7.02. The molecule has 0 radical (unpaired) electrons. The molecule has 0 aromatic heterocycles. The second-order valence-electron chi connectivity index (χ2n) is 19.2. The van der Waals surface area contributed by atoms with E-state index in [0.29, 0.717) is 23.9 Å². The fraction of sp³-hybridized carbons (Fsp3) is 0.623. The first-order chi connectivity index (χ1) is 34.0. The zero-order valence-electron chi connectivity index (χ0n) is 45.2. The molecule has 8 nitrogen and oxygen atoms in total. The van der Waals surface area contributed by atoms with Crippen LogP contribution in [0.4, 0.5) is 0 Å². The predicted octanol–water partition coefficient (Wildman–Crippen LogP) is 16.1.